The number of hydrogen-bond donors (Lipinski definition) is 3. The lowest BCUT2D eigenvalue weighted by atomic mass is 10.1. The van der Waals surface area contributed by atoms with Crippen LogP contribution >= 0.6 is 11.6 Å². The summed E-state index contributed by atoms with van der Waals surface area (Å²) in [7, 11) is 0. The number of aliphatic hydroxyl groups is 1. The minimum absolute atomic E-state index is 0.146. The fourth-order valence-electron chi connectivity index (χ4n) is 2.75. The molecular formula is C17H18ClN3O3. The smallest absolute Gasteiger partial charge is 0.272 e. The zero-order valence-electron chi connectivity index (χ0n) is 13.0. The number of likely N-dealkylation sites (tertiary alicyclic amines) is 1. The summed E-state index contributed by atoms with van der Waals surface area (Å²) in [5.74, 6) is -0.479. The first-order valence-corrected chi connectivity index (χ1v) is 8.13. The standard InChI is InChI=1S/C17H18ClN3O3/c18-12-8-15(19-9-12)16(23)20-13-4-1-3-11(7-13)17(24)21-6-2-5-14(22)10-21/h1,3-4,7-9,14,19,22H,2,5-6,10H2,(H,20,23). The lowest BCUT2D eigenvalue weighted by Crippen LogP contribution is -2.42. The van der Waals surface area contributed by atoms with E-state index in [0.717, 1.165) is 12.8 Å². The minimum Gasteiger partial charge on any atom is -0.391 e. The molecule has 1 fully saturated rings. The highest BCUT2D eigenvalue weighted by Crippen LogP contribution is 2.18. The number of aromatic amines is 1. The maximum atomic E-state index is 12.5. The van der Waals surface area contributed by atoms with Gasteiger partial charge in [0.15, 0.2) is 0 Å². The molecule has 0 aliphatic carbocycles. The van der Waals surface area contributed by atoms with Gasteiger partial charge >= 0.3 is 0 Å². The highest BCUT2D eigenvalue weighted by atomic mass is 35.5. The summed E-state index contributed by atoms with van der Waals surface area (Å²) < 4.78 is 0. The van der Waals surface area contributed by atoms with E-state index >= 15 is 0 Å². The Bertz CT molecular complexity index is 759. The molecule has 1 aromatic heterocycles. The number of amides is 2. The molecule has 0 radical (unpaired) electrons. The van der Waals surface area contributed by atoms with Crippen molar-refractivity contribution in [2.24, 2.45) is 0 Å². The molecule has 3 rings (SSSR count). The number of H-pyrrole nitrogens is 1. The first-order valence-electron chi connectivity index (χ1n) is 7.75. The van der Waals surface area contributed by atoms with Crippen LogP contribution in [0, 0.1) is 0 Å². The molecule has 1 atom stereocenters. The first kappa shape index (κ1) is 16.5. The molecule has 7 heteroatoms. The second kappa shape index (κ2) is 7.07. The summed E-state index contributed by atoms with van der Waals surface area (Å²) in [5, 5.41) is 12.9. The van der Waals surface area contributed by atoms with E-state index < -0.39 is 6.10 Å². The van der Waals surface area contributed by atoms with E-state index in [1.807, 2.05) is 0 Å². The molecule has 2 amide bonds. The molecule has 6 nitrogen and oxygen atoms in total. The molecule has 1 aliphatic rings. The van der Waals surface area contributed by atoms with E-state index in [-0.39, 0.29) is 11.8 Å². The van der Waals surface area contributed by atoms with Crippen molar-refractivity contribution in [3.8, 4) is 0 Å². The lowest BCUT2D eigenvalue weighted by molar-refractivity contribution is 0.0474. The number of nitrogens with zero attached hydrogens (tertiary/aromatic N) is 1. The number of aliphatic hydroxyl groups excluding tert-OH is 1. The second-order valence-corrected chi connectivity index (χ2v) is 6.25. The van der Waals surface area contributed by atoms with Crippen LogP contribution in [0.4, 0.5) is 5.69 Å². The maximum Gasteiger partial charge on any atom is 0.272 e. The summed E-state index contributed by atoms with van der Waals surface area (Å²) in [6.45, 7) is 0.976. The number of anilines is 1. The van der Waals surface area contributed by atoms with Gasteiger partial charge in [-0.3, -0.25) is 9.59 Å². The molecule has 2 aromatic rings. The summed E-state index contributed by atoms with van der Waals surface area (Å²) >= 11 is 5.79. The highest BCUT2D eigenvalue weighted by Gasteiger charge is 2.23. The van der Waals surface area contributed by atoms with Crippen molar-refractivity contribution in [1.29, 1.82) is 0 Å². The van der Waals surface area contributed by atoms with Gasteiger partial charge in [0.1, 0.15) is 5.69 Å². The summed E-state index contributed by atoms with van der Waals surface area (Å²) in [4.78, 5) is 29.1. The monoisotopic (exact) mass is 347 g/mol. The molecule has 1 aromatic carbocycles. The van der Waals surface area contributed by atoms with Crippen molar-refractivity contribution in [2.75, 3.05) is 18.4 Å². The van der Waals surface area contributed by atoms with Gasteiger partial charge in [-0.1, -0.05) is 17.7 Å². The summed E-state index contributed by atoms with van der Waals surface area (Å²) in [6.07, 6.45) is 2.57. The fourth-order valence-corrected chi connectivity index (χ4v) is 2.91. The van der Waals surface area contributed by atoms with Gasteiger partial charge in [-0.05, 0) is 37.1 Å². The van der Waals surface area contributed by atoms with E-state index in [2.05, 4.69) is 10.3 Å². The van der Waals surface area contributed by atoms with Crippen LogP contribution in [0.15, 0.2) is 36.5 Å². The van der Waals surface area contributed by atoms with Crippen LogP contribution in [0.2, 0.25) is 5.02 Å². The molecule has 1 unspecified atom stereocenters. The number of piperidine rings is 1. The van der Waals surface area contributed by atoms with Gasteiger partial charge in [0, 0.05) is 30.5 Å². The van der Waals surface area contributed by atoms with Crippen LogP contribution in [0.3, 0.4) is 0 Å². The number of carbonyl (C=O) groups is 2. The van der Waals surface area contributed by atoms with Crippen molar-refractivity contribution in [1.82, 2.24) is 9.88 Å². The van der Waals surface area contributed by atoms with Crippen LogP contribution in [0.25, 0.3) is 0 Å². The van der Waals surface area contributed by atoms with Gasteiger partial charge in [0.25, 0.3) is 11.8 Å². The van der Waals surface area contributed by atoms with E-state index in [1.54, 1.807) is 29.2 Å². The molecule has 3 N–H and O–H groups in total. The van der Waals surface area contributed by atoms with Crippen molar-refractivity contribution in [3.63, 3.8) is 0 Å². The Kier molecular flexibility index (Phi) is 4.87. The van der Waals surface area contributed by atoms with Crippen LogP contribution in [0.5, 0.6) is 0 Å². The SMILES string of the molecule is O=C(Nc1cccc(C(=O)N2CCCC(O)C2)c1)c1cc(Cl)c[nH]1. The molecule has 1 aliphatic heterocycles. The van der Waals surface area contributed by atoms with Crippen LogP contribution in [0.1, 0.15) is 33.7 Å². The van der Waals surface area contributed by atoms with Gasteiger partial charge in [-0.15, -0.1) is 0 Å². The third kappa shape index (κ3) is 3.77. The molecule has 0 bridgehead atoms. The Morgan fingerprint density at radius 3 is 2.88 bits per heavy atom. The topological polar surface area (TPSA) is 85.4 Å². The zero-order valence-corrected chi connectivity index (χ0v) is 13.7. The van der Waals surface area contributed by atoms with E-state index in [9.17, 15) is 14.7 Å². The van der Waals surface area contributed by atoms with E-state index in [1.165, 1.54) is 12.3 Å². The van der Waals surface area contributed by atoms with Gasteiger partial charge in [0.2, 0.25) is 0 Å². The number of hydrogen-bond acceptors (Lipinski definition) is 3. The van der Waals surface area contributed by atoms with Gasteiger partial charge in [0.05, 0.1) is 11.1 Å². The van der Waals surface area contributed by atoms with Crippen LogP contribution in [-0.2, 0) is 0 Å². The Morgan fingerprint density at radius 1 is 1.33 bits per heavy atom. The predicted octanol–water partition coefficient (Wildman–Crippen LogP) is 2.52. The third-order valence-electron chi connectivity index (χ3n) is 3.94. The van der Waals surface area contributed by atoms with Crippen molar-refractivity contribution < 1.29 is 14.7 Å². The van der Waals surface area contributed by atoms with Crippen LogP contribution in [-0.4, -0.2) is 46.0 Å². The minimum atomic E-state index is -0.469. The van der Waals surface area contributed by atoms with E-state index in [0.29, 0.717) is 35.1 Å². The van der Waals surface area contributed by atoms with Crippen LogP contribution < -0.4 is 5.32 Å². The Morgan fingerprint density at radius 2 is 2.17 bits per heavy atom. The predicted molar refractivity (Wildman–Crippen MR) is 91.3 cm³/mol. The zero-order chi connectivity index (χ0) is 17.1. The third-order valence-corrected chi connectivity index (χ3v) is 4.16. The molecule has 126 valence electrons. The Labute approximate surface area is 144 Å². The summed E-state index contributed by atoms with van der Waals surface area (Å²) in [5.41, 5.74) is 1.34. The average Bonchev–Trinajstić information content (AvgIpc) is 3.01. The fraction of sp³-hybridized carbons (Fsp3) is 0.294. The van der Waals surface area contributed by atoms with E-state index in [4.69, 9.17) is 11.6 Å². The lowest BCUT2D eigenvalue weighted by Gasteiger charge is -2.30. The largest absolute Gasteiger partial charge is 0.391 e. The molecular weight excluding hydrogens is 330 g/mol. The summed E-state index contributed by atoms with van der Waals surface area (Å²) in [6, 6.07) is 8.28. The Hall–Kier alpha value is -2.31. The number of β-amino-alcohol motifs (C(OH)–C–C–N with tert-alkyl or cyclic N) is 1. The second-order valence-electron chi connectivity index (χ2n) is 5.81. The van der Waals surface area contributed by atoms with Gasteiger partial charge in [-0.25, -0.2) is 0 Å². The average molecular weight is 348 g/mol. The Balaban J connectivity index is 1.71. The number of rotatable bonds is 3. The van der Waals surface area contributed by atoms with Crippen molar-refractivity contribution in [2.45, 2.75) is 18.9 Å². The highest BCUT2D eigenvalue weighted by molar-refractivity contribution is 6.31. The quantitative estimate of drug-likeness (QED) is 0.797. The molecule has 1 saturated heterocycles. The number of halogens is 1. The number of carbonyl (C=O) groups excluding carboxylic acids is 2. The van der Waals surface area contributed by atoms with Gasteiger partial charge in [-0.2, -0.15) is 0 Å². The van der Waals surface area contributed by atoms with Crippen molar-refractivity contribution >= 4 is 29.1 Å². The normalized spacial score (nSPS) is 17.6. The first-order chi connectivity index (χ1) is 11.5. The van der Waals surface area contributed by atoms with Crippen molar-refractivity contribution in [3.05, 3.63) is 52.8 Å². The number of benzene rings is 1. The molecule has 2 heterocycles. The number of nitrogens with one attached hydrogen (secondary N) is 2. The molecule has 0 saturated carbocycles. The number of aromatic nitrogens is 1. The van der Waals surface area contributed by atoms with Gasteiger partial charge < -0.3 is 20.3 Å². The molecule has 24 heavy (non-hydrogen) atoms. The maximum absolute atomic E-state index is 12.5. The molecule has 0 spiro atoms.